The Morgan fingerprint density at radius 3 is 2.44 bits per heavy atom. The van der Waals surface area contributed by atoms with Gasteiger partial charge in [0.25, 0.3) is 6.43 Å². The van der Waals surface area contributed by atoms with Crippen molar-refractivity contribution in [2.45, 2.75) is 57.2 Å². The highest BCUT2D eigenvalue weighted by Crippen LogP contribution is 2.51. The molecule has 2 fully saturated rings. The first-order valence-electron chi connectivity index (χ1n) is 8.62. The van der Waals surface area contributed by atoms with Crippen LogP contribution in [0.4, 0.5) is 22.0 Å². The highest BCUT2D eigenvalue weighted by molar-refractivity contribution is 5.29. The molecule has 140 valence electrons. The lowest BCUT2D eigenvalue weighted by atomic mass is 9.73. The predicted octanol–water partition coefficient (Wildman–Crippen LogP) is 4.53. The van der Waals surface area contributed by atoms with Crippen LogP contribution < -0.4 is 5.32 Å². The molecule has 2 nitrogen and oxygen atoms in total. The monoisotopic (exact) mass is 362 g/mol. The minimum Gasteiger partial charge on any atom is -0.311 e. The molecule has 0 aromatic heterocycles. The van der Waals surface area contributed by atoms with Crippen LogP contribution in [0.15, 0.2) is 18.2 Å². The average molecular weight is 362 g/mol. The second-order valence-corrected chi connectivity index (χ2v) is 7.41. The molecular formula is C18H23F5N2. The van der Waals surface area contributed by atoms with E-state index in [0.29, 0.717) is 13.1 Å². The lowest BCUT2D eigenvalue weighted by Gasteiger charge is -2.49. The number of alkyl halides is 4. The normalized spacial score (nSPS) is 28.8. The molecule has 1 aromatic rings. The summed E-state index contributed by atoms with van der Waals surface area (Å²) in [6.45, 7) is 5.23. The summed E-state index contributed by atoms with van der Waals surface area (Å²) in [5.41, 5.74) is -0.147. The van der Waals surface area contributed by atoms with E-state index in [0.717, 1.165) is 6.07 Å². The highest BCUT2D eigenvalue weighted by atomic mass is 19.3. The van der Waals surface area contributed by atoms with Gasteiger partial charge in [-0.1, -0.05) is 12.1 Å². The van der Waals surface area contributed by atoms with Crippen LogP contribution in [-0.4, -0.2) is 36.0 Å². The Bertz CT molecular complexity index is 613. The van der Waals surface area contributed by atoms with Crippen LogP contribution in [0.5, 0.6) is 0 Å². The molecule has 1 unspecified atom stereocenters. The van der Waals surface area contributed by atoms with Gasteiger partial charge in [0.2, 0.25) is 5.92 Å². The van der Waals surface area contributed by atoms with Crippen molar-refractivity contribution in [1.82, 2.24) is 10.2 Å². The van der Waals surface area contributed by atoms with E-state index in [2.05, 4.69) is 5.32 Å². The molecule has 1 aliphatic heterocycles. The summed E-state index contributed by atoms with van der Waals surface area (Å²) in [7, 11) is 0. The summed E-state index contributed by atoms with van der Waals surface area (Å²) in [6, 6.07) is 3.05. The molecule has 1 aliphatic carbocycles. The van der Waals surface area contributed by atoms with Crippen molar-refractivity contribution in [3.05, 3.63) is 35.1 Å². The first-order chi connectivity index (χ1) is 11.7. The zero-order chi connectivity index (χ0) is 18.4. The summed E-state index contributed by atoms with van der Waals surface area (Å²) >= 11 is 0. The van der Waals surface area contributed by atoms with Crippen LogP contribution >= 0.6 is 0 Å². The zero-order valence-electron chi connectivity index (χ0n) is 14.3. The van der Waals surface area contributed by atoms with Crippen molar-refractivity contribution in [2.75, 3.05) is 13.1 Å². The Morgan fingerprint density at radius 2 is 1.88 bits per heavy atom. The number of halogens is 5. The maximum atomic E-state index is 14.6. The van der Waals surface area contributed by atoms with Gasteiger partial charge in [-0.3, -0.25) is 4.90 Å². The van der Waals surface area contributed by atoms with Crippen LogP contribution in [0.2, 0.25) is 0 Å². The van der Waals surface area contributed by atoms with Crippen molar-refractivity contribution < 1.29 is 22.0 Å². The molecule has 1 saturated heterocycles. The smallest absolute Gasteiger partial charge is 0.263 e. The molecule has 2 aliphatic rings. The Hall–Kier alpha value is -1.21. The summed E-state index contributed by atoms with van der Waals surface area (Å²) in [4.78, 5) is 2.04. The van der Waals surface area contributed by atoms with E-state index in [1.165, 1.54) is 12.1 Å². The standard InChI is InChI=1S/C18H23F5N2/c1-10-9-25(11(2)8-24-10)16(13-6-18(22,23)7-13)14-4-3-12(17(20)21)5-15(14)19/h3-5,10-11,13,16-17,24H,6-9H2,1-2H3/t10-,11+,16?/m0/s1. The molecule has 0 radical (unpaired) electrons. The van der Waals surface area contributed by atoms with Gasteiger partial charge in [0, 0.05) is 55.2 Å². The summed E-state index contributed by atoms with van der Waals surface area (Å²) < 4.78 is 67.1. The summed E-state index contributed by atoms with van der Waals surface area (Å²) in [5.74, 6) is -3.84. The fourth-order valence-electron chi connectivity index (χ4n) is 3.99. The van der Waals surface area contributed by atoms with Gasteiger partial charge in [0.05, 0.1) is 0 Å². The van der Waals surface area contributed by atoms with Gasteiger partial charge in [0.15, 0.2) is 0 Å². The average Bonchev–Trinajstić information content (AvgIpc) is 2.50. The van der Waals surface area contributed by atoms with Gasteiger partial charge in [-0.25, -0.2) is 22.0 Å². The molecule has 0 amide bonds. The van der Waals surface area contributed by atoms with Gasteiger partial charge in [-0.2, -0.15) is 0 Å². The number of hydrogen-bond donors (Lipinski definition) is 1. The van der Waals surface area contributed by atoms with Crippen LogP contribution in [0.1, 0.15) is 50.3 Å². The van der Waals surface area contributed by atoms with Crippen LogP contribution in [0.25, 0.3) is 0 Å². The molecule has 0 spiro atoms. The molecule has 1 N–H and O–H groups in total. The molecule has 0 bridgehead atoms. The van der Waals surface area contributed by atoms with Gasteiger partial charge in [0.1, 0.15) is 5.82 Å². The number of piperazine rings is 1. The quantitative estimate of drug-likeness (QED) is 0.792. The third-order valence-corrected chi connectivity index (χ3v) is 5.33. The third kappa shape index (κ3) is 3.82. The zero-order valence-corrected chi connectivity index (χ0v) is 14.3. The second kappa shape index (κ2) is 6.83. The van der Waals surface area contributed by atoms with Gasteiger partial charge in [-0.15, -0.1) is 0 Å². The molecule has 7 heteroatoms. The fraction of sp³-hybridized carbons (Fsp3) is 0.667. The van der Waals surface area contributed by atoms with Crippen molar-refractivity contribution in [1.29, 1.82) is 0 Å². The molecule has 1 saturated carbocycles. The number of benzene rings is 1. The van der Waals surface area contributed by atoms with E-state index in [1.807, 2.05) is 18.7 Å². The maximum absolute atomic E-state index is 14.6. The van der Waals surface area contributed by atoms with Crippen molar-refractivity contribution >= 4 is 0 Å². The topological polar surface area (TPSA) is 15.3 Å². The molecule has 1 aromatic carbocycles. The maximum Gasteiger partial charge on any atom is 0.263 e. The molecular weight excluding hydrogens is 339 g/mol. The lowest BCUT2D eigenvalue weighted by molar-refractivity contribution is -0.138. The first-order valence-corrected chi connectivity index (χ1v) is 8.62. The SMILES string of the molecule is C[C@@H]1CN[C@@H](C)CN1C(c1ccc(C(F)F)cc1F)C1CC(F)(F)C1. The third-order valence-electron chi connectivity index (χ3n) is 5.33. The summed E-state index contributed by atoms with van der Waals surface area (Å²) in [5, 5.41) is 3.32. The van der Waals surface area contributed by atoms with Crippen LogP contribution in [0, 0.1) is 11.7 Å². The molecule has 3 atom stereocenters. The van der Waals surface area contributed by atoms with E-state index in [1.54, 1.807) is 0 Å². The minimum absolute atomic E-state index is 0.0459. The van der Waals surface area contributed by atoms with Crippen molar-refractivity contribution in [2.24, 2.45) is 5.92 Å². The number of rotatable bonds is 4. The van der Waals surface area contributed by atoms with E-state index in [4.69, 9.17) is 0 Å². The number of nitrogens with zero attached hydrogens (tertiary/aromatic N) is 1. The van der Waals surface area contributed by atoms with Crippen LogP contribution in [0.3, 0.4) is 0 Å². The Morgan fingerprint density at radius 1 is 1.20 bits per heavy atom. The second-order valence-electron chi connectivity index (χ2n) is 7.41. The van der Waals surface area contributed by atoms with E-state index < -0.39 is 24.2 Å². The Labute approximate surface area is 144 Å². The highest BCUT2D eigenvalue weighted by Gasteiger charge is 2.51. The lowest BCUT2D eigenvalue weighted by Crippen LogP contribution is -2.58. The molecule has 1 heterocycles. The minimum atomic E-state index is -2.76. The van der Waals surface area contributed by atoms with E-state index in [9.17, 15) is 22.0 Å². The van der Waals surface area contributed by atoms with Crippen LogP contribution in [-0.2, 0) is 0 Å². The number of nitrogens with one attached hydrogen (secondary N) is 1. The number of hydrogen-bond acceptors (Lipinski definition) is 2. The van der Waals surface area contributed by atoms with Gasteiger partial charge < -0.3 is 5.32 Å². The van der Waals surface area contributed by atoms with E-state index >= 15 is 0 Å². The fourth-order valence-corrected chi connectivity index (χ4v) is 3.99. The largest absolute Gasteiger partial charge is 0.311 e. The molecule has 25 heavy (non-hydrogen) atoms. The predicted molar refractivity (Wildman–Crippen MR) is 85.4 cm³/mol. The first kappa shape index (κ1) is 18.6. The van der Waals surface area contributed by atoms with Gasteiger partial charge in [-0.05, 0) is 25.8 Å². The Balaban J connectivity index is 1.94. The summed E-state index contributed by atoms with van der Waals surface area (Å²) in [6.07, 6.45) is -3.34. The van der Waals surface area contributed by atoms with Crippen molar-refractivity contribution in [3.8, 4) is 0 Å². The van der Waals surface area contributed by atoms with E-state index in [-0.39, 0.29) is 42.0 Å². The Kier molecular flexibility index (Phi) is 5.08. The van der Waals surface area contributed by atoms with Crippen molar-refractivity contribution in [3.63, 3.8) is 0 Å². The van der Waals surface area contributed by atoms with Gasteiger partial charge >= 0.3 is 0 Å². The molecule has 3 rings (SSSR count).